The zero-order chi connectivity index (χ0) is 15.4. The van der Waals surface area contributed by atoms with Gasteiger partial charge in [-0.05, 0) is 61.3 Å². The second kappa shape index (κ2) is 4.63. The van der Waals surface area contributed by atoms with E-state index in [2.05, 4.69) is 21.2 Å². The molecule has 0 fully saturated rings. The average molecular weight is 350 g/mol. The van der Waals surface area contributed by atoms with Crippen molar-refractivity contribution in [3.63, 3.8) is 0 Å². The fourth-order valence-corrected chi connectivity index (χ4v) is 3.60. The van der Waals surface area contributed by atoms with Crippen LogP contribution in [0.25, 0.3) is 0 Å². The van der Waals surface area contributed by atoms with Crippen molar-refractivity contribution in [2.45, 2.75) is 33.4 Å². The predicted octanol–water partition coefficient (Wildman–Crippen LogP) is 4.06. The number of hydrogen-bond donors (Lipinski definition) is 1. The van der Waals surface area contributed by atoms with Gasteiger partial charge in [0.05, 0.1) is 10.2 Å². The van der Waals surface area contributed by atoms with Crippen LogP contribution >= 0.6 is 15.9 Å². The van der Waals surface area contributed by atoms with Crippen LogP contribution in [0.15, 0.2) is 39.8 Å². The van der Waals surface area contributed by atoms with Crippen LogP contribution in [0.2, 0.25) is 0 Å². The number of hydrogen-bond acceptors (Lipinski definition) is 4. The van der Waals surface area contributed by atoms with E-state index < -0.39 is 5.72 Å². The number of halogens is 1. The van der Waals surface area contributed by atoms with E-state index in [4.69, 9.17) is 9.47 Å². The molecule has 3 rings (SSSR count). The van der Waals surface area contributed by atoms with Crippen LogP contribution in [-0.4, -0.2) is 11.5 Å². The topological polar surface area (TPSA) is 47.6 Å². The van der Waals surface area contributed by atoms with Gasteiger partial charge >= 0.3 is 0 Å². The van der Waals surface area contributed by atoms with E-state index in [1.165, 1.54) is 6.92 Å². The molecule has 0 saturated carbocycles. The number of anilines is 1. The highest BCUT2D eigenvalue weighted by Crippen LogP contribution is 2.48. The number of nitrogens with one attached hydrogen (secondary N) is 1. The number of ether oxygens (including phenoxy) is 2. The van der Waals surface area contributed by atoms with Gasteiger partial charge in [-0.2, -0.15) is 0 Å². The zero-order valence-electron chi connectivity index (χ0n) is 12.3. The quantitative estimate of drug-likeness (QED) is 0.830. The number of carbonyl (C=O) groups is 1. The second-order valence-electron chi connectivity index (χ2n) is 5.43. The Balaban J connectivity index is 2.16. The van der Waals surface area contributed by atoms with Crippen molar-refractivity contribution in [1.82, 2.24) is 0 Å². The van der Waals surface area contributed by atoms with Gasteiger partial charge in [0.1, 0.15) is 17.1 Å². The molecular formula is C16H16BrNO3. The molecule has 0 unspecified atom stereocenters. The number of ketones is 1. The van der Waals surface area contributed by atoms with Gasteiger partial charge in [-0.25, -0.2) is 0 Å². The SMILES string of the molecule is CC(=O)C1=C(C)OC(C)=C[C@@]12Nc1cc(C)cc(Br)c1O2. The Kier molecular flexibility index (Phi) is 3.13. The van der Waals surface area contributed by atoms with Crippen LogP contribution in [0.4, 0.5) is 5.69 Å². The molecule has 0 bridgehead atoms. The number of carbonyl (C=O) groups excluding carboxylic acids is 1. The van der Waals surface area contributed by atoms with Crippen molar-refractivity contribution >= 4 is 27.4 Å². The van der Waals surface area contributed by atoms with Crippen LogP contribution in [-0.2, 0) is 9.53 Å². The summed E-state index contributed by atoms with van der Waals surface area (Å²) in [6.45, 7) is 7.16. The van der Waals surface area contributed by atoms with E-state index in [1.807, 2.05) is 26.0 Å². The third-order valence-corrected chi connectivity index (χ3v) is 4.16. The van der Waals surface area contributed by atoms with Crippen LogP contribution < -0.4 is 10.1 Å². The van der Waals surface area contributed by atoms with Gasteiger partial charge < -0.3 is 14.8 Å². The monoisotopic (exact) mass is 349 g/mol. The fourth-order valence-electron chi connectivity index (χ4n) is 2.94. The summed E-state index contributed by atoms with van der Waals surface area (Å²) in [5.41, 5.74) is 1.47. The summed E-state index contributed by atoms with van der Waals surface area (Å²) >= 11 is 3.52. The molecule has 2 aliphatic rings. The number of rotatable bonds is 1. The molecule has 0 radical (unpaired) electrons. The van der Waals surface area contributed by atoms with Crippen molar-refractivity contribution in [3.05, 3.63) is 45.3 Å². The normalized spacial score (nSPS) is 23.2. The van der Waals surface area contributed by atoms with Crippen molar-refractivity contribution in [1.29, 1.82) is 0 Å². The van der Waals surface area contributed by atoms with Gasteiger partial charge in [-0.15, -0.1) is 0 Å². The summed E-state index contributed by atoms with van der Waals surface area (Å²) in [4.78, 5) is 12.1. The smallest absolute Gasteiger partial charge is 0.237 e. The number of fused-ring (bicyclic) bond motifs is 1. The third kappa shape index (κ3) is 2.16. The van der Waals surface area contributed by atoms with Gasteiger partial charge in [0, 0.05) is 6.08 Å². The lowest BCUT2D eigenvalue weighted by Crippen LogP contribution is -2.45. The maximum Gasteiger partial charge on any atom is 0.237 e. The first-order chi connectivity index (χ1) is 9.82. The molecule has 110 valence electrons. The minimum Gasteiger partial charge on any atom is -0.466 e. The number of benzene rings is 1. The lowest BCUT2D eigenvalue weighted by atomic mass is 9.95. The summed E-state index contributed by atoms with van der Waals surface area (Å²) in [6, 6.07) is 3.99. The molecule has 2 aliphatic heterocycles. The van der Waals surface area contributed by atoms with Crippen molar-refractivity contribution < 1.29 is 14.3 Å². The summed E-state index contributed by atoms with van der Waals surface area (Å²) in [7, 11) is 0. The highest BCUT2D eigenvalue weighted by atomic mass is 79.9. The fraction of sp³-hybridized carbons (Fsp3) is 0.312. The van der Waals surface area contributed by atoms with Crippen molar-refractivity contribution in [2.24, 2.45) is 0 Å². The van der Waals surface area contributed by atoms with Crippen LogP contribution in [0.1, 0.15) is 26.3 Å². The van der Waals surface area contributed by atoms with E-state index in [0.717, 1.165) is 15.7 Å². The summed E-state index contributed by atoms with van der Waals surface area (Å²) in [5, 5.41) is 3.34. The van der Waals surface area contributed by atoms with Gasteiger partial charge in [0.25, 0.3) is 0 Å². The largest absolute Gasteiger partial charge is 0.466 e. The third-order valence-electron chi connectivity index (χ3n) is 3.57. The van der Waals surface area contributed by atoms with Gasteiger partial charge in [0.15, 0.2) is 11.5 Å². The molecular weight excluding hydrogens is 334 g/mol. The zero-order valence-corrected chi connectivity index (χ0v) is 13.9. The van der Waals surface area contributed by atoms with E-state index in [1.54, 1.807) is 13.0 Å². The molecule has 0 aliphatic carbocycles. The van der Waals surface area contributed by atoms with Crippen LogP contribution in [0.3, 0.4) is 0 Å². The Morgan fingerprint density at radius 1 is 1.29 bits per heavy atom. The molecule has 1 spiro atoms. The molecule has 1 N–H and O–H groups in total. The molecule has 1 aromatic carbocycles. The van der Waals surface area contributed by atoms with E-state index >= 15 is 0 Å². The Hall–Kier alpha value is -1.75. The standard InChI is InChI=1S/C16H16BrNO3/c1-8-5-12(17)15-13(6-8)18-16(21-15)7-9(2)20-11(4)14(16)10(3)19/h5-7,18H,1-4H3/t16-/m0/s1. The first-order valence-corrected chi connectivity index (χ1v) is 7.48. The lowest BCUT2D eigenvalue weighted by Gasteiger charge is -2.32. The summed E-state index contributed by atoms with van der Waals surface area (Å²) in [6.07, 6.45) is 1.80. The Bertz CT molecular complexity index is 720. The number of aryl methyl sites for hydroxylation is 1. The Morgan fingerprint density at radius 2 is 2.00 bits per heavy atom. The molecule has 4 nitrogen and oxygen atoms in total. The first kappa shape index (κ1) is 14.2. The molecule has 21 heavy (non-hydrogen) atoms. The van der Waals surface area contributed by atoms with E-state index in [9.17, 15) is 4.79 Å². The van der Waals surface area contributed by atoms with E-state index in [-0.39, 0.29) is 5.78 Å². The van der Waals surface area contributed by atoms with Gasteiger partial charge in [0.2, 0.25) is 5.72 Å². The second-order valence-corrected chi connectivity index (χ2v) is 6.28. The molecule has 0 aromatic heterocycles. The maximum absolute atomic E-state index is 12.1. The highest BCUT2D eigenvalue weighted by Gasteiger charge is 2.47. The Morgan fingerprint density at radius 3 is 2.67 bits per heavy atom. The molecule has 0 saturated heterocycles. The van der Waals surface area contributed by atoms with E-state index in [0.29, 0.717) is 22.8 Å². The highest BCUT2D eigenvalue weighted by molar-refractivity contribution is 9.10. The minimum atomic E-state index is -0.989. The minimum absolute atomic E-state index is 0.0793. The Labute approximate surface area is 131 Å². The molecule has 2 heterocycles. The van der Waals surface area contributed by atoms with Gasteiger partial charge in [-0.1, -0.05) is 0 Å². The molecule has 1 atom stereocenters. The lowest BCUT2D eigenvalue weighted by molar-refractivity contribution is -0.115. The van der Waals surface area contributed by atoms with Crippen LogP contribution in [0, 0.1) is 6.92 Å². The maximum atomic E-state index is 12.1. The van der Waals surface area contributed by atoms with Crippen LogP contribution in [0.5, 0.6) is 5.75 Å². The first-order valence-electron chi connectivity index (χ1n) is 6.69. The number of Topliss-reactive ketones (excluding diaryl/α,β-unsaturated/α-hetero) is 1. The molecule has 0 amide bonds. The average Bonchev–Trinajstić information content (AvgIpc) is 2.65. The van der Waals surface area contributed by atoms with Crippen molar-refractivity contribution in [2.75, 3.05) is 5.32 Å². The molecule has 1 aromatic rings. The predicted molar refractivity (Wildman–Crippen MR) is 84.1 cm³/mol. The summed E-state index contributed by atoms with van der Waals surface area (Å²) < 4.78 is 12.6. The number of allylic oxidation sites excluding steroid dienone is 2. The summed E-state index contributed by atoms with van der Waals surface area (Å²) in [5.74, 6) is 1.89. The van der Waals surface area contributed by atoms with Crippen molar-refractivity contribution in [3.8, 4) is 5.75 Å². The van der Waals surface area contributed by atoms with Gasteiger partial charge in [-0.3, -0.25) is 4.79 Å². The molecule has 5 heteroatoms.